The number of nitrogens with zero attached hydrogens (tertiary/aromatic N) is 1. The quantitative estimate of drug-likeness (QED) is 0.774. The third-order valence-electron chi connectivity index (χ3n) is 2.61. The summed E-state index contributed by atoms with van der Waals surface area (Å²) in [6.45, 7) is 2.88. The van der Waals surface area contributed by atoms with Crippen molar-refractivity contribution in [2.45, 2.75) is 13.3 Å². The Bertz CT molecular complexity index is 605. The number of hydrogen-bond acceptors (Lipinski definition) is 3. The van der Waals surface area contributed by atoms with E-state index in [0.717, 1.165) is 30.8 Å². The molecule has 0 unspecified atom stereocenters. The fourth-order valence-corrected chi connectivity index (χ4v) is 1.96. The van der Waals surface area contributed by atoms with Crippen LogP contribution >= 0.6 is 15.9 Å². The van der Waals surface area contributed by atoms with Crippen LogP contribution in [-0.4, -0.2) is 11.5 Å². The first kappa shape index (κ1) is 14.7. The molecule has 1 heterocycles. The zero-order chi connectivity index (χ0) is 14.5. The van der Waals surface area contributed by atoms with Crippen molar-refractivity contribution in [3.8, 4) is 0 Å². The van der Waals surface area contributed by atoms with Gasteiger partial charge in [0.1, 0.15) is 11.6 Å². The van der Waals surface area contributed by atoms with E-state index >= 15 is 0 Å². The molecule has 0 aliphatic carbocycles. The molecule has 0 aliphatic rings. The maximum absolute atomic E-state index is 13.7. The summed E-state index contributed by atoms with van der Waals surface area (Å²) in [5.41, 5.74) is 1.49. The van der Waals surface area contributed by atoms with E-state index in [9.17, 15) is 8.78 Å². The Labute approximate surface area is 124 Å². The maximum atomic E-state index is 13.7. The van der Waals surface area contributed by atoms with Crippen molar-refractivity contribution in [3.05, 3.63) is 46.7 Å². The van der Waals surface area contributed by atoms with E-state index in [1.165, 1.54) is 0 Å². The lowest BCUT2D eigenvalue weighted by molar-refractivity contribution is 0.598. The lowest BCUT2D eigenvalue weighted by Crippen LogP contribution is -2.01. The van der Waals surface area contributed by atoms with Gasteiger partial charge in [-0.3, -0.25) is 4.98 Å². The SMILES string of the molecule is CCCNc1cncc(Nc2cc(F)c(Br)cc2F)c1. The lowest BCUT2D eigenvalue weighted by Gasteiger charge is -2.10. The van der Waals surface area contributed by atoms with Gasteiger partial charge in [-0.05, 0) is 34.5 Å². The van der Waals surface area contributed by atoms with Gasteiger partial charge in [-0.1, -0.05) is 6.92 Å². The first-order valence-corrected chi connectivity index (χ1v) is 7.00. The van der Waals surface area contributed by atoms with Crippen LogP contribution in [0.15, 0.2) is 35.1 Å². The van der Waals surface area contributed by atoms with Crippen molar-refractivity contribution in [1.29, 1.82) is 0 Å². The summed E-state index contributed by atoms with van der Waals surface area (Å²) >= 11 is 2.94. The Balaban J connectivity index is 2.19. The number of anilines is 3. The highest BCUT2D eigenvalue weighted by molar-refractivity contribution is 9.10. The molecule has 0 amide bonds. The molecule has 2 aromatic rings. The van der Waals surface area contributed by atoms with Crippen LogP contribution in [0.3, 0.4) is 0 Å². The summed E-state index contributed by atoms with van der Waals surface area (Å²) in [5, 5.41) is 6.00. The summed E-state index contributed by atoms with van der Waals surface area (Å²) in [5.74, 6) is -1.06. The topological polar surface area (TPSA) is 37.0 Å². The van der Waals surface area contributed by atoms with Gasteiger partial charge in [0.25, 0.3) is 0 Å². The van der Waals surface area contributed by atoms with Crippen molar-refractivity contribution in [2.75, 3.05) is 17.2 Å². The summed E-state index contributed by atoms with van der Waals surface area (Å²) in [6, 6.07) is 3.98. The third kappa shape index (κ3) is 3.66. The molecular formula is C14H14BrF2N3. The summed E-state index contributed by atoms with van der Waals surface area (Å²) in [4.78, 5) is 4.05. The van der Waals surface area contributed by atoms with Gasteiger partial charge in [0.15, 0.2) is 0 Å². The molecule has 3 nitrogen and oxygen atoms in total. The Morgan fingerprint density at radius 2 is 1.85 bits per heavy atom. The van der Waals surface area contributed by atoms with Crippen molar-refractivity contribution in [1.82, 2.24) is 4.98 Å². The van der Waals surface area contributed by atoms with Crippen LogP contribution in [0, 0.1) is 11.6 Å². The second-order valence-corrected chi connectivity index (χ2v) is 5.11. The van der Waals surface area contributed by atoms with Crippen LogP contribution in [-0.2, 0) is 0 Å². The van der Waals surface area contributed by atoms with E-state index in [2.05, 4.69) is 38.5 Å². The van der Waals surface area contributed by atoms with E-state index < -0.39 is 11.6 Å². The van der Waals surface area contributed by atoms with Crippen LogP contribution in [0.5, 0.6) is 0 Å². The van der Waals surface area contributed by atoms with Crippen LogP contribution in [0.25, 0.3) is 0 Å². The zero-order valence-corrected chi connectivity index (χ0v) is 12.5. The second kappa shape index (κ2) is 6.65. The van der Waals surface area contributed by atoms with Gasteiger partial charge in [-0.2, -0.15) is 0 Å². The first-order valence-electron chi connectivity index (χ1n) is 6.20. The van der Waals surface area contributed by atoms with E-state index in [0.29, 0.717) is 5.69 Å². The van der Waals surface area contributed by atoms with Crippen molar-refractivity contribution in [3.63, 3.8) is 0 Å². The zero-order valence-electron chi connectivity index (χ0n) is 10.9. The molecule has 106 valence electrons. The van der Waals surface area contributed by atoms with Gasteiger partial charge in [0.05, 0.1) is 33.9 Å². The Hall–Kier alpha value is -1.69. The van der Waals surface area contributed by atoms with Gasteiger partial charge in [-0.15, -0.1) is 0 Å². The number of rotatable bonds is 5. The normalized spacial score (nSPS) is 10.4. The van der Waals surface area contributed by atoms with Gasteiger partial charge in [0, 0.05) is 12.6 Å². The number of halogens is 3. The molecular weight excluding hydrogens is 328 g/mol. The second-order valence-electron chi connectivity index (χ2n) is 4.26. The van der Waals surface area contributed by atoms with E-state index in [4.69, 9.17) is 0 Å². The third-order valence-corrected chi connectivity index (χ3v) is 3.21. The van der Waals surface area contributed by atoms with E-state index in [-0.39, 0.29) is 10.2 Å². The smallest absolute Gasteiger partial charge is 0.147 e. The highest BCUT2D eigenvalue weighted by Crippen LogP contribution is 2.26. The van der Waals surface area contributed by atoms with E-state index in [1.54, 1.807) is 18.5 Å². The van der Waals surface area contributed by atoms with Crippen molar-refractivity contribution < 1.29 is 8.78 Å². The van der Waals surface area contributed by atoms with Gasteiger partial charge >= 0.3 is 0 Å². The average molecular weight is 342 g/mol. The molecule has 0 spiro atoms. The standard InChI is InChI=1S/C14H14BrF2N3/c1-2-3-19-9-4-10(8-18-7-9)20-14-6-12(16)11(15)5-13(14)17/h4-8,19-20H,2-3H2,1H3. The Kier molecular flexibility index (Phi) is 4.89. The monoisotopic (exact) mass is 341 g/mol. The molecule has 6 heteroatoms. The number of aromatic nitrogens is 1. The number of nitrogens with one attached hydrogen (secondary N) is 2. The summed E-state index contributed by atoms with van der Waals surface area (Å²) in [6.07, 6.45) is 4.22. The predicted molar refractivity (Wildman–Crippen MR) is 80.4 cm³/mol. The fourth-order valence-electron chi connectivity index (χ4n) is 1.65. The Morgan fingerprint density at radius 1 is 1.10 bits per heavy atom. The molecule has 0 aliphatic heterocycles. The molecule has 2 rings (SSSR count). The minimum atomic E-state index is -0.537. The molecule has 0 bridgehead atoms. The molecule has 0 saturated heterocycles. The summed E-state index contributed by atoms with van der Waals surface area (Å²) < 4.78 is 27.2. The Morgan fingerprint density at radius 3 is 2.60 bits per heavy atom. The van der Waals surface area contributed by atoms with Crippen molar-refractivity contribution in [2.24, 2.45) is 0 Å². The van der Waals surface area contributed by atoms with Gasteiger partial charge in [-0.25, -0.2) is 8.78 Å². The minimum Gasteiger partial charge on any atom is -0.384 e. The molecule has 1 aromatic carbocycles. The number of benzene rings is 1. The predicted octanol–water partition coefficient (Wildman–Crippen LogP) is 4.69. The highest BCUT2D eigenvalue weighted by Gasteiger charge is 2.08. The van der Waals surface area contributed by atoms with Gasteiger partial charge in [0.2, 0.25) is 0 Å². The molecule has 20 heavy (non-hydrogen) atoms. The van der Waals surface area contributed by atoms with Crippen molar-refractivity contribution >= 4 is 33.0 Å². The minimum absolute atomic E-state index is 0.0696. The largest absolute Gasteiger partial charge is 0.384 e. The molecule has 0 saturated carbocycles. The molecule has 0 atom stereocenters. The maximum Gasteiger partial charge on any atom is 0.147 e. The molecule has 0 fully saturated rings. The molecule has 2 N–H and O–H groups in total. The molecule has 1 aromatic heterocycles. The van der Waals surface area contributed by atoms with Crippen LogP contribution in [0.2, 0.25) is 0 Å². The molecule has 0 radical (unpaired) electrons. The van der Waals surface area contributed by atoms with Crippen LogP contribution in [0.4, 0.5) is 25.8 Å². The van der Waals surface area contributed by atoms with Crippen LogP contribution in [0.1, 0.15) is 13.3 Å². The van der Waals surface area contributed by atoms with E-state index in [1.807, 2.05) is 0 Å². The highest BCUT2D eigenvalue weighted by atomic mass is 79.9. The summed E-state index contributed by atoms with van der Waals surface area (Å²) in [7, 11) is 0. The lowest BCUT2D eigenvalue weighted by atomic mass is 10.2. The first-order chi connectivity index (χ1) is 9.60. The average Bonchev–Trinajstić information content (AvgIpc) is 2.43. The van der Waals surface area contributed by atoms with Gasteiger partial charge < -0.3 is 10.6 Å². The fraction of sp³-hybridized carbons (Fsp3) is 0.214. The number of pyridine rings is 1. The van der Waals surface area contributed by atoms with Crippen LogP contribution < -0.4 is 10.6 Å². The number of hydrogen-bond donors (Lipinski definition) is 2.